The lowest BCUT2D eigenvalue weighted by atomic mass is 10.1. The Morgan fingerprint density at radius 2 is 1.61 bits per heavy atom. The number of rotatable bonds is 8. The second-order valence-electron chi connectivity index (χ2n) is 8.88. The lowest BCUT2D eigenvalue weighted by Gasteiger charge is -2.25. The molecule has 0 unspecified atom stereocenters. The molecular weight excluding hydrogens is 472 g/mol. The maximum Gasteiger partial charge on any atom is 0.264 e. The molecule has 1 amide bonds. The van der Waals surface area contributed by atoms with Crippen molar-refractivity contribution in [2.45, 2.75) is 39.1 Å². The van der Waals surface area contributed by atoms with Crippen LogP contribution in [0, 0.1) is 27.7 Å². The molecular formula is C28H30N4O3S. The van der Waals surface area contributed by atoms with Gasteiger partial charge in [-0.2, -0.15) is 0 Å². The summed E-state index contributed by atoms with van der Waals surface area (Å²) in [6, 6.07) is 19.8. The van der Waals surface area contributed by atoms with Crippen LogP contribution in [0.5, 0.6) is 0 Å². The lowest BCUT2D eigenvalue weighted by molar-refractivity contribution is -0.119. The second-order valence-corrected chi connectivity index (χ2v) is 10.7. The third-order valence-corrected chi connectivity index (χ3v) is 7.99. The second kappa shape index (κ2) is 10.4. The molecule has 0 saturated heterocycles. The Bertz CT molecular complexity index is 1470. The zero-order valence-electron chi connectivity index (χ0n) is 20.9. The number of anilines is 1. The van der Waals surface area contributed by atoms with Crippen molar-refractivity contribution >= 4 is 21.6 Å². The van der Waals surface area contributed by atoms with E-state index in [4.69, 9.17) is 0 Å². The largest absolute Gasteiger partial charge is 0.350 e. The normalized spacial score (nSPS) is 11.3. The van der Waals surface area contributed by atoms with Crippen molar-refractivity contribution in [3.05, 3.63) is 107 Å². The number of benzene rings is 3. The summed E-state index contributed by atoms with van der Waals surface area (Å²) < 4.78 is 30.3. The topological polar surface area (TPSA) is 84.3 Å². The Morgan fingerprint density at radius 1 is 0.917 bits per heavy atom. The minimum atomic E-state index is -3.95. The molecule has 0 aliphatic rings. The predicted octanol–water partition coefficient (Wildman–Crippen LogP) is 4.62. The number of hydrogen-bond donors (Lipinski definition) is 1. The van der Waals surface area contributed by atoms with Crippen LogP contribution in [0.25, 0.3) is 5.69 Å². The number of aryl methyl sites for hydroxylation is 4. The van der Waals surface area contributed by atoms with Gasteiger partial charge in [0.15, 0.2) is 0 Å². The molecule has 7 nitrogen and oxygen atoms in total. The predicted molar refractivity (Wildman–Crippen MR) is 142 cm³/mol. The van der Waals surface area contributed by atoms with Crippen molar-refractivity contribution in [1.29, 1.82) is 0 Å². The first-order chi connectivity index (χ1) is 17.1. The first kappa shape index (κ1) is 25.2. The van der Waals surface area contributed by atoms with E-state index >= 15 is 0 Å². The molecule has 0 spiro atoms. The minimum Gasteiger partial charge on any atom is -0.350 e. The van der Waals surface area contributed by atoms with E-state index in [0.717, 1.165) is 33.8 Å². The van der Waals surface area contributed by atoms with Crippen molar-refractivity contribution in [2.24, 2.45) is 0 Å². The summed E-state index contributed by atoms with van der Waals surface area (Å²) in [5, 5.41) is 2.86. The molecule has 0 saturated carbocycles. The monoisotopic (exact) mass is 502 g/mol. The number of carbonyl (C=O) groups is 1. The molecule has 3 aromatic carbocycles. The van der Waals surface area contributed by atoms with Crippen molar-refractivity contribution in [2.75, 3.05) is 10.8 Å². The highest BCUT2D eigenvalue weighted by atomic mass is 32.2. The molecule has 4 aromatic rings. The van der Waals surface area contributed by atoms with Gasteiger partial charge in [0.05, 0.1) is 10.6 Å². The van der Waals surface area contributed by atoms with Crippen LogP contribution in [0.4, 0.5) is 5.69 Å². The number of nitrogens with zero attached hydrogens (tertiary/aromatic N) is 3. The van der Waals surface area contributed by atoms with Gasteiger partial charge in [-0.1, -0.05) is 35.9 Å². The van der Waals surface area contributed by atoms with E-state index in [9.17, 15) is 13.2 Å². The fourth-order valence-corrected chi connectivity index (χ4v) is 5.26. The zero-order chi connectivity index (χ0) is 25.9. The summed E-state index contributed by atoms with van der Waals surface area (Å²) in [6.07, 6.45) is 3.64. The third-order valence-electron chi connectivity index (χ3n) is 6.20. The van der Waals surface area contributed by atoms with Crippen LogP contribution in [-0.2, 0) is 21.4 Å². The smallest absolute Gasteiger partial charge is 0.264 e. The van der Waals surface area contributed by atoms with E-state index in [1.807, 2.05) is 68.8 Å². The maximum absolute atomic E-state index is 13.6. The molecule has 0 atom stereocenters. The van der Waals surface area contributed by atoms with E-state index in [0.29, 0.717) is 5.69 Å². The Hall–Kier alpha value is -3.91. The number of carbonyl (C=O) groups excluding carboxylic acids is 1. The van der Waals surface area contributed by atoms with Gasteiger partial charge in [0.2, 0.25) is 5.91 Å². The Balaban J connectivity index is 1.52. The van der Waals surface area contributed by atoms with Gasteiger partial charge in [0, 0.05) is 24.6 Å². The van der Waals surface area contributed by atoms with Crippen molar-refractivity contribution < 1.29 is 13.2 Å². The van der Waals surface area contributed by atoms with Crippen LogP contribution >= 0.6 is 0 Å². The molecule has 8 heteroatoms. The van der Waals surface area contributed by atoms with Gasteiger partial charge < -0.3 is 9.88 Å². The van der Waals surface area contributed by atoms with Gasteiger partial charge in [-0.15, -0.1) is 0 Å². The Kier molecular flexibility index (Phi) is 7.26. The molecule has 1 aromatic heterocycles. The van der Waals surface area contributed by atoms with Crippen molar-refractivity contribution in [1.82, 2.24) is 14.9 Å². The van der Waals surface area contributed by atoms with Crippen LogP contribution in [0.2, 0.25) is 0 Å². The maximum atomic E-state index is 13.6. The molecule has 0 radical (unpaired) electrons. The lowest BCUT2D eigenvalue weighted by Crippen LogP contribution is -2.40. The van der Waals surface area contributed by atoms with E-state index < -0.39 is 15.9 Å². The Morgan fingerprint density at radius 3 is 2.22 bits per heavy atom. The van der Waals surface area contributed by atoms with Crippen LogP contribution in [0.1, 0.15) is 28.1 Å². The summed E-state index contributed by atoms with van der Waals surface area (Å²) in [5.74, 6) is 0.496. The van der Waals surface area contributed by atoms with Gasteiger partial charge in [-0.05, 0) is 80.8 Å². The zero-order valence-corrected chi connectivity index (χ0v) is 21.7. The highest BCUT2D eigenvalue weighted by molar-refractivity contribution is 7.92. The SMILES string of the molecule is Cc1ccc(S(=O)(=O)N(CC(=O)NCc2ccc(-n3ccnc3C)cc2)c2ccc(C)c(C)c2)cc1. The van der Waals surface area contributed by atoms with Crippen LogP contribution < -0.4 is 9.62 Å². The van der Waals surface area contributed by atoms with E-state index in [1.165, 1.54) is 4.31 Å². The number of amides is 1. The summed E-state index contributed by atoms with van der Waals surface area (Å²) in [5.41, 5.74) is 5.29. The van der Waals surface area contributed by atoms with Gasteiger partial charge in [-0.3, -0.25) is 9.10 Å². The van der Waals surface area contributed by atoms with Crippen molar-refractivity contribution in [3.63, 3.8) is 0 Å². The van der Waals surface area contributed by atoms with E-state index in [2.05, 4.69) is 10.3 Å². The number of nitrogens with one attached hydrogen (secondary N) is 1. The van der Waals surface area contributed by atoms with Gasteiger partial charge in [-0.25, -0.2) is 13.4 Å². The summed E-state index contributed by atoms with van der Waals surface area (Å²) in [6.45, 7) is 7.67. The molecule has 36 heavy (non-hydrogen) atoms. The summed E-state index contributed by atoms with van der Waals surface area (Å²) >= 11 is 0. The Labute approximate surface area is 212 Å². The molecule has 0 bridgehead atoms. The standard InChI is InChI=1S/C28H30N4O3S/c1-20-5-13-27(14-6-20)36(34,35)32(26-10-7-21(2)22(3)17-26)19-28(33)30-18-24-8-11-25(12-9-24)31-16-15-29-23(31)4/h5-17H,18-19H2,1-4H3,(H,30,33). The highest BCUT2D eigenvalue weighted by Gasteiger charge is 2.27. The average Bonchev–Trinajstić information content (AvgIpc) is 3.29. The number of sulfonamides is 1. The molecule has 0 fully saturated rings. The molecule has 1 N–H and O–H groups in total. The molecule has 0 aliphatic carbocycles. The molecule has 0 aliphatic heterocycles. The molecule has 4 rings (SSSR count). The van der Waals surface area contributed by atoms with E-state index in [-0.39, 0.29) is 18.0 Å². The quantitative estimate of drug-likeness (QED) is 0.381. The third kappa shape index (κ3) is 5.49. The van der Waals surface area contributed by atoms with Crippen LogP contribution in [-0.4, -0.2) is 30.4 Å². The number of hydrogen-bond acceptors (Lipinski definition) is 4. The number of imidazole rings is 1. The summed E-state index contributed by atoms with van der Waals surface area (Å²) in [4.78, 5) is 17.3. The van der Waals surface area contributed by atoms with Crippen LogP contribution in [0.3, 0.4) is 0 Å². The van der Waals surface area contributed by atoms with Gasteiger partial charge >= 0.3 is 0 Å². The summed E-state index contributed by atoms with van der Waals surface area (Å²) in [7, 11) is -3.95. The molecule has 186 valence electrons. The average molecular weight is 503 g/mol. The van der Waals surface area contributed by atoms with E-state index in [1.54, 1.807) is 42.6 Å². The van der Waals surface area contributed by atoms with Gasteiger partial charge in [0.1, 0.15) is 12.4 Å². The minimum absolute atomic E-state index is 0.143. The fraction of sp³-hybridized carbons (Fsp3) is 0.214. The highest BCUT2D eigenvalue weighted by Crippen LogP contribution is 2.26. The first-order valence-corrected chi connectivity index (χ1v) is 13.1. The number of aromatic nitrogens is 2. The molecule has 1 heterocycles. The first-order valence-electron chi connectivity index (χ1n) is 11.7. The van der Waals surface area contributed by atoms with Crippen LogP contribution in [0.15, 0.2) is 84.0 Å². The van der Waals surface area contributed by atoms with Crippen molar-refractivity contribution in [3.8, 4) is 5.69 Å². The van der Waals surface area contributed by atoms with Gasteiger partial charge in [0.25, 0.3) is 10.0 Å². The fourth-order valence-electron chi connectivity index (χ4n) is 3.85.